The van der Waals surface area contributed by atoms with Crippen molar-refractivity contribution in [2.24, 2.45) is 5.73 Å². The second kappa shape index (κ2) is 7.72. The van der Waals surface area contributed by atoms with E-state index in [0.717, 1.165) is 30.5 Å². The van der Waals surface area contributed by atoms with Crippen LogP contribution in [0.2, 0.25) is 0 Å². The average molecular weight is 374 g/mol. The minimum Gasteiger partial charge on any atom is -0.327 e. The molecule has 144 valence electrons. The Balaban J connectivity index is 1.72. The lowest BCUT2D eigenvalue weighted by Gasteiger charge is -2.31. The summed E-state index contributed by atoms with van der Waals surface area (Å²) in [6, 6.07) is 19.0. The van der Waals surface area contributed by atoms with Crippen LogP contribution in [0.15, 0.2) is 65.7 Å². The van der Waals surface area contributed by atoms with E-state index in [2.05, 4.69) is 53.5 Å². The van der Waals surface area contributed by atoms with Crippen molar-refractivity contribution in [3.63, 3.8) is 0 Å². The topological polar surface area (TPSA) is 60.9 Å². The third kappa shape index (κ3) is 3.52. The van der Waals surface area contributed by atoms with E-state index in [9.17, 15) is 4.79 Å². The Morgan fingerprint density at radius 1 is 1.11 bits per heavy atom. The number of nitrogens with two attached hydrogens (primary N) is 1. The molecule has 0 amide bonds. The summed E-state index contributed by atoms with van der Waals surface area (Å²) >= 11 is 0. The Morgan fingerprint density at radius 3 is 2.61 bits per heavy atom. The molecule has 0 aliphatic heterocycles. The summed E-state index contributed by atoms with van der Waals surface area (Å²) in [5, 5.41) is 0. The Kier molecular flexibility index (Phi) is 5.14. The van der Waals surface area contributed by atoms with E-state index in [0.29, 0.717) is 0 Å². The Bertz CT molecular complexity index is 1020. The molecule has 2 atom stereocenters. The van der Waals surface area contributed by atoms with Crippen molar-refractivity contribution in [1.29, 1.82) is 0 Å². The van der Waals surface area contributed by atoms with Crippen LogP contribution in [0.25, 0.3) is 11.1 Å². The summed E-state index contributed by atoms with van der Waals surface area (Å²) < 4.78 is 1.73. The lowest BCUT2D eigenvalue weighted by Crippen LogP contribution is -2.41. The van der Waals surface area contributed by atoms with Crippen LogP contribution in [-0.4, -0.2) is 15.6 Å². The van der Waals surface area contributed by atoms with E-state index in [1.54, 1.807) is 10.9 Å². The maximum Gasteiger partial charge on any atom is 0.257 e. The van der Waals surface area contributed by atoms with Crippen LogP contribution >= 0.6 is 0 Å². The second-order valence-electron chi connectivity index (χ2n) is 7.99. The highest BCUT2D eigenvalue weighted by atomic mass is 16.1. The molecule has 1 heterocycles. The zero-order valence-corrected chi connectivity index (χ0v) is 16.5. The number of fused-ring (bicyclic) bond motifs is 1. The fraction of sp³-hybridized carbons (Fsp3) is 0.333. The smallest absolute Gasteiger partial charge is 0.257 e. The SMILES string of the molecule is CC(C)n1cnc2c(c1=O)C(Cc1cccc(-c3ccccc3)c1)C(N)CC2. The lowest BCUT2D eigenvalue weighted by atomic mass is 9.78. The quantitative estimate of drug-likeness (QED) is 0.749. The number of benzene rings is 2. The monoisotopic (exact) mass is 373 g/mol. The van der Waals surface area contributed by atoms with E-state index in [1.807, 2.05) is 19.9 Å². The highest BCUT2D eigenvalue weighted by molar-refractivity contribution is 5.64. The van der Waals surface area contributed by atoms with Crippen LogP contribution in [0.4, 0.5) is 0 Å². The van der Waals surface area contributed by atoms with Gasteiger partial charge in [0.2, 0.25) is 0 Å². The van der Waals surface area contributed by atoms with E-state index < -0.39 is 0 Å². The molecule has 4 rings (SSSR count). The molecule has 0 saturated carbocycles. The van der Waals surface area contributed by atoms with Crippen LogP contribution in [0.3, 0.4) is 0 Å². The average Bonchev–Trinajstić information content (AvgIpc) is 2.71. The molecule has 1 aliphatic carbocycles. The molecular weight excluding hydrogens is 346 g/mol. The van der Waals surface area contributed by atoms with Crippen molar-refractivity contribution in [3.8, 4) is 11.1 Å². The number of rotatable bonds is 4. The Morgan fingerprint density at radius 2 is 1.86 bits per heavy atom. The fourth-order valence-corrected chi connectivity index (χ4v) is 4.19. The molecule has 0 radical (unpaired) electrons. The third-order valence-corrected chi connectivity index (χ3v) is 5.76. The van der Waals surface area contributed by atoms with Crippen molar-refractivity contribution in [3.05, 3.63) is 88.1 Å². The highest BCUT2D eigenvalue weighted by Crippen LogP contribution is 2.31. The molecule has 1 aliphatic rings. The number of hydrogen-bond donors (Lipinski definition) is 1. The van der Waals surface area contributed by atoms with Gasteiger partial charge in [0.05, 0.1) is 12.0 Å². The van der Waals surface area contributed by atoms with E-state index >= 15 is 0 Å². The Labute approximate surface area is 166 Å². The van der Waals surface area contributed by atoms with Crippen LogP contribution in [-0.2, 0) is 12.8 Å². The summed E-state index contributed by atoms with van der Waals surface area (Å²) in [5.41, 5.74) is 11.9. The molecule has 0 fully saturated rings. The van der Waals surface area contributed by atoms with Gasteiger partial charge >= 0.3 is 0 Å². The molecule has 0 bridgehead atoms. The molecule has 4 heteroatoms. The van der Waals surface area contributed by atoms with E-state index in [-0.39, 0.29) is 23.6 Å². The maximum atomic E-state index is 13.2. The summed E-state index contributed by atoms with van der Waals surface area (Å²) in [7, 11) is 0. The van der Waals surface area contributed by atoms with Gasteiger partial charge in [0.25, 0.3) is 5.56 Å². The molecule has 28 heavy (non-hydrogen) atoms. The normalized spacial score (nSPS) is 18.9. The van der Waals surface area contributed by atoms with Gasteiger partial charge in [0, 0.05) is 23.6 Å². The molecule has 1 aromatic heterocycles. The molecule has 0 saturated heterocycles. The first-order chi connectivity index (χ1) is 13.5. The molecule has 2 unspecified atom stereocenters. The number of nitrogens with zero attached hydrogens (tertiary/aromatic N) is 2. The third-order valence-electron chi connectivity index (χ3n) is 5.76. The van der Waals surface area contributed by atoms with Gasteiger partial charge in [0.1, 0.15) is 0 Å². The van der Waals surface area contributed by atoms with Crippen molar-refractivity contribution < 1.29 is 0 Å². The summed E-state index contributed by atoms with van der Waals surface area (Å²) in [4.78, 5) is 17.8. The van der Waals surface area contributed by atoms with E-state index in [4.69, 9.17) is 5.73 Å². The zero-order valence-electron chi connectivity index (χ0n) is 16.5. The highest BCUT2D eigenvalue weighted by Gasteiger charge is 2.31. The second-order valence-corrected chi connectivity index (χ2v) is 7.99. The number of aromatic nitrogens is 2. The molecule has 2 N–H and O–H groups in total. The standard InChI is InChI=1S/C24H27N3O/c1-16(2)27-15-26-22-12-11-21(25)20(23(22)24(27)28)14-17-7-6-10-19(13-17)18-8-4-3-5-9-18/h3-10,13,15-16,20-21H,11-12,14,25H2,1-2H3. The first kappa shape index (κ1) is 18.6. The van der Waals surface area contributed by atoms with Crippen molar-refractivity contribution in [2.75, 3.05) is 0 Å². The predicted octanol–water partition coefficient (Wildman–Crippen LogP) is 4.09. The van der Waals surface area contributed by atoms with Crippen molar-refractivity contribution in [1.82, 2.24) is 9.55 Å². The molecule has 4 nitrogen and oxygen atoms in total. The first-order valence-corrected chi connectivity index (χ1v) is 10.0. The summed E-state index contributed by atoms with van der Waals surface area (Å²) in [5.74, 6) is 0.000901. The van der Waals surface area contributed by atoms with Crippen molar-refractivity contribution >= 4 is 0 Å². The summed E-state index contributed by atoms with van der Waals surface area (Å²) in [6.07, 6.45) is 4.10. The Hall–Kier alpha value is -2.72. The van der Waals surface area contributed by atoms with Gasteiger partial charge in [-0.05, 0) is 49.8 Å². The largest absolute Gasteiger partial charge is 0.327 e. The fourth-order valence-electron chi connectivity index (χ4n) is 4.19. The summed E-state index contributed by atoms with van der Waals surface area (Å²) in [6.45, 7) is 4.02. The first-order valence-electron chi connectivity index (χ1n) is 10.0. The van der Waals surface area contributed by atoms with Gasteiger partial charge in [-0.15, -0.1) is 0 Å². The van der Waals surface area contributed by atoms with Gasteiger partial charge in [0.15, 0.2) is 0 Å². The number of hydrogen-bond acceptors (Lipinski definition) is 3. The molecular formula is C24H27N3O. The minimum atomic E-state index is -0.0228. The van der Waals surface area contributed by atoms with Gasteiger partial charge in [-0.1, -0.05) is 54.6 Å². The van der Waals surface area contributed by atoms with E-state index in [1.165, 1.54) is 16.7 Å². The van der Waals surface area contributed by atoms with Gasteiger partial charge in [-0.25, -0.2) is 4.98 Å². The molecule has 2 aromatic carbocycles. The number of aryl methyl sites for hydroxylation is 1. The van der Waals surface area contributed by atoms with Gasteiger partial charge in [-0.2, -0.15) is 0 Å². The van der Waals surface area contributed by atoms with Crippen molar-refractivity contribution in [2.45, 2.75) is 51.1 Å². The maximum absolute atomic E-state index is 13.2. The molecule has 3 aromatic rings. The van der Waals surface area contributed by atoms with Crippen LogP contribution in [0.5, 0.6) is 0 Å². The zero-order chi connectivity index (χ0) is 19.7. The molecule has 0 spiro atoms. The van der Waals surface area contributed by atoms with Gasteiger partial charge in [-0.3, -0.25) is 9.36 Å². The lowest BCUT2D eigenvalue weighted by molar-refractivity contribution is 0.442. The predicted molar refractivity (Wildman–Crippen MR) is 114 cm³/mol. The van der Waals surface area contributed by atoms with Crippen LogP contribution in [0, 0.1) is 0 Å². The van der Waals surface area contributed by atoms with Crippen LogP contribution in [0.1, 0.15) is 49.0 Å². The minimum absolute atomic E-state index is 0.000901. The van der Waals surface area contributed by atoms with Crippen LogP contribution < -0.4 is 11.3 Å². The van der Waals surface area contributed by atoms with Gasteiger partial charge < -0.3 is 5.73 Å².